The van der Waals surface area contributed by atoms with Crippen molar-refractivity contribution in [3.63, 3.8) is 0 Å². The van der Waals surface area contributed by atoms with Crippen molar-refractivity contribution >= 4 is 0 Å². The summed E-state index contributed by atoms with van der Waals surface area (Å²) in [5.74, 6) is 2.00. The average Bonchev–Trinajstić information content (AvgIpc) is 3.25. The van der Waals surface area contributed by atoms with E-state index in [1.165, 1.54) is 106 Å². The molecule has 38 heavy (non-hydrogen) atoms. The minimum atomic E-state index is 0.520. The number of benzene rings is 2. The van der Waals surface area contributed by atoms with E-state index >= 15 is 0 Å². The number of aryl methyl sites for hydroxylation is 1. The van der Waals surface area contributed by atoms with Gasteiger partial charge in [0, 0.05) is 6.42 Å². The fraction of sp³-hybridized carbons (Fsp3) is 0.583. The summed E-state index contributed by atoms with van der Waals surface area (Å²) in [4.78, 5) is 0. The summed E-state index contributed by atoms with van der Waals surface area (Å²) in [7, 11) is 0. The number of imidazole rings is 1. The summed E-state index contributed by atoms with van der Waals surface area (Å²) in [6.45, 7) is 9.23. The Labute approximate surface area is 234 Å². The Balaban J connectivity index is 1.59. The summed E-state index contributed by atoms with van der Waals surface area (Å²) in [6.07, 6.45) is 22.6. The maximum Gasteiger partial charge on any atom is 0.261 e. The second-order valence-electron chi connectivity index (χ2n) is 11.4. The number of rotatable bonds is 20. The lowest BCUT2D eigenvalue weighted by molar-refractivity contribution is -0.703. The molecule has 0 saturated carbocycles. The molecule has 0 aliphatic rings. The molecule has 0 amide bonds. The van der Waals surface area contributed by atoms with Gasteiger partial charge in [0.1, 0.15) is 11.9 Å². The zero-order chi connectivity index (χ0) is 26.8. The molecular weight excluding hydrogens is 460 g/mol. The van der Waals surface area contributed by atoms with Crippen LogP contribution in [0.1, 0.15) is 133 Å². The zero-order valence-corrected chi connectivity index (χ0v) is 24.8. The quantitative estimate of drug-likeness (QED) is 0.105. The maximum atomic E-state index is 2.69. The predicted octanol–water partition coefficient (Wildman–Crippen LogP) is 9.82. The fourth-order valence-electron chi connectivity index (χ4n) is 5.81. The second-order valence-corrected chi connectivity index (χ2v) is 11.4. The predicted molar refractivity (Wildman–Crippen MR) is 164 cm³/mol. The van der Waals surface area contributed by atoms with Gasteiger partial charge < -0.3 is 0 Å². The van der Waals surface area contributed by atoms with Crippen LogP contribution < -0.4 is 4.57 Å². The van der Waals surface area contributed by atoms with E-state index in [0.717, 1.165) is 25.9 Å². The molecule has 0 saturated heterocycles. The van der Waals surface area contributed by atoms with Crippen molar-refractivity contribution in [1.29, 1.82) is 0 Å². The third-order valence-corrected chi connectivity index (χ3v) is 8.08. The van der Waals surface area contributed by atoms with Gasteiger partial charge in [-0.05, 0) is 36.3 Å². The Morgan fingerprint density at radius 2 is 1.21 bits per heavy atom. The average molecular weight is 516 g/mol. The highest BCUT2D eigenvalue weighted by atomic mass is 15.2. The van der Waals surface area contributed by atoms with Crippen molar-refractivity contribution in [2.24, 2.45) is 0 Å². The molecule has 0 N–H and O–H groups in total. The third-order valence-electron chi connectivity index (χ3n) is 8.08. The molecule has 0 radical (unpaired) electrons. The maximum absolute atomic E-state index is 2.69. The van der Waals surface area contributed by atoms with Crippen LogP contribution in [-0.2, 0) is 25.9 Å². The van der Waals surface area contributed by atoms with Gasteiger partial charge in [0.25, 0.3) is 5.82 Å². The minimum absolute atomic E-state index is 0.520. The first kappa shape index (κ1) is 30.2. The van der Waals surface area contributed by atoms with E-state index in [1.54, 1.807) is 0 Å². The Hall–Kier alpha value is -2.35. The Kier molecular flexibility index (Phi) is 14.3. The van der Waals surface area contributed by atoms with Gasteiger partial charge in [-0.2, -0.15) is 0 Å². The first-order valence-corrected chi connectivity index (χ1v) is 15.9. The highest BCUT2D eigenvalue weighted by molar-refractivity contribution is 5.22. The molecule has 0 aliphatic heterocycles. The van der Waals surface area contributed by atoms with Crippen LogP contribution in [0, 0.1) is 0 Å². The highest BCUT2D eigenvalue weighted by Crippen LogP contribution is 2.22. The summed E-state index contributed by atoms with van der Waals surface area (Å²) < 4.78 is 5.25. The molecule has 1 atom stereocenters. The van der Waals surface area contributed by atoms with Gasteiger partial charge >= 0.3 is 0 Å². The van der Waals surface area contributed by atoms with Gasteiger partial charge in [-0.1, -0.05) is 146 Å². The smallest absolute Gasteiger partial charge is 0.234 e. The van der Waals surface area contributed by atoms with Gasteiger partial charge in [-0.3, -0.25) is 0 Å². The molecule has 0 bridgehead atoms. The standard InChI is InChI=1S/C36H55N2/c1-4-6-7-8-9-10-11-12-13-14-15-22-28-38-35(29-32(3)34-25-20-17-21-26-34)31-37(27-5-2)36(38)30-33-23-18-16-19-24-33/h16-21,23-26,31-32H,4-15,22,27-30H2,1-3H3/q+1. The number of aromatic nitrogens is 2. The van der Waals surface area contributed by atoms with Crippen LogP contribution in [0.4, 0.5) is 0 Å². The van der Waals surface area contributed by atoms with E-state index in [1.807, 2.05) is 0 Å². The van der Waals surface area contributed by atoms with Crippen LogP contribution in [-0.4, -0.2) is 4.57 Å². The molecule has 3 rings (SSSR count). The van der Waals surface area contributed by atoms with Crippen LogP contribution in [0.15, 0.2) is 66.9 Å². The zero-order valence-electron chi connectivity index (χ0n) is 24.8. The number of unbranched alkanes of at least 4 members (excludes halogenated alkanes) is 11. The van der Waals surface area contributed by atoms with Crippen LogP contribution in [0.25, 0.3) is 0 Å². The molecule has 3 aromatic rings. The Morgan fingerprint density at radius 1 is 0.658 bits per heavy atom. The molecule has 2 aromatic carbocycles. The van der Waals surface area contributed by atoms with Crippen LogP contribution >= 0.6 is 0 Å². The van der Waals surface area contributed by atoms with Crippen molar-refractivity contribution in [1.82, 2.24) is 4.57 Å². The van der Waals surface area contributed by atoms with Gasteiger partial charge in [0.15, 0.2) is 0 Å². The second kappa shape index (κ2) is 18.0. The molecule has 0 fully saturated rings. The number of nitrogens with zero attached hydrogens (tertiary/aromatic N) is 2. The summed E-state index contributed by atoms with van der Waals surface area (Å²) in [5, 5.41) is 0. The molecule has 208 valence electrons. The topological polar surface area (TPSA) is 8.81 Å². The molecule has 1 unspecified atom stereocenters. The van der Waals surface area contributed by atoms with Crippen molar-refractivity contribution in [3.8, 4) is 0 Å². The number of hydrogen-bond acceptors (Lipinski definition) is 0. The Morgan fingerprint density at radius 3 is 1.79 bits per heavy atom. The van der Waals surface area contributed by atoms with Crippen molar-refractivity contribution in [3.05, 3.63) is 89.5 Å². The molecule has 1 heterocycles. The van der Waals surface area contributed by atoms with E-state index < -0.39 is 0 Å². The molecule has 0 aliphatic carbocycles. The normalized spacial score (nSPS) is 12.2. The summed E-state index contributed by atoms with van der Waals surface area (Å²) in [5.41, 5.74) is 4.36. The molecule has 1 aromatic heterocycles. The minimum Gasteiger partial charge on any atom is -0.234 e. The van der Waals surface area contributed by atoms with Gasteiger partial charge in [0.05, 0.1) is 19.5 Å². The number of hydrogen-bond donors (Lipinski definition) is 0. The van der Waals surface area contributed by atoms with Gasteiger partial charge in [0.2, 0.25) is 0 Å². The fourth-order valence-corrected chi connectivity index (χ4v) is 5.81. The van der Waals surface area contributed by atoms with E-state index in [0.29, 0.717) is 5.92 Å². The first-order chi connectivity index (χ1) is 18.7. The van der Waals surface area contributed by atoms with Gasteiger partial charge in [-0.15, -0.1) is 0 Å². The molecule has 2 heteroatoms. The molecule has 0 spiro atoms. The van der Waals surface area contributed by atoms with Crippen molar-refractivity contribution < 1.29 is 4.57 Å². The summed E-state index contributed by atoms with van der Waals surface area (Å²) >= 11 is 0. The lowest BCUT2D eigenvalue weighted by Gasteiger charge is -2.12. The first-order valence-electron chi connectivity index (χ1n) is 15.9. The van der Waals surface area contributed by atoms with E-state index in [9.17, 15) is 0 Å². The largest absolute Gasteiger partial charge is 0.261 e. The highest BCUT2D eigenvalue weighted by Gasteiger charge is 2.24. The van der Waals surface area contributed by atoms with Crippen LogP contribution in [0.5, 0.6) is 0 Å². The summed E-state index contributed by atoms with van der Waals surface area (Å²) in [6, 6.07) is 22.1. The SMILES string of the molecule is CCCCCCCCCCCCCCn1c(CC(C)c2ccccc2)c[n+](CCC)c1Cc1ccccc1. The monoisotopic (exact) mass is 515 g/mol. The van der Waals surface area contributed by atoms with Crippen molar-refractivity contribution in [2.75, 3.05) is 0 Å². The van der Waals surface area contributed by atoms with E-state index in [4.69, 9.17) is 0 Å². The van der Waals surface area contributed by atoms with Gasteiger partial charge in [-0.25, -0.2) is 9.13 Å². The van der Waals surface area contributed by atoms with E-state index in [2.05, 4.69) is 96.8 Å². The van der Waals surface area contributed by atoms with Crippen molar-refractivity contribution in [2.45, 2.75) is 136 Å². The lowest BCUT2D eigenvalue weighted by atomic mass is 9.96. The Bertz CT molecular complexity index is 989. The lowest BCUT2D eigenvalue weighted by Crippen LogP contribution is -2.37. The van der Waals surface area contributed by atoms with Crippen LogP contribution in [0.2, 0.25) is 0 Å². The molecular formula is C36H55N2+. The van der Waals surface area contributed by atoms with E-state index in [-0.39, 0.29) is 0 Å². The molecule has 2 nitrogen and oxygen atoms in total. The third kappa shape index (κ3) is 10.4. The van der Waals surface area contributed by atoms with Crippen LogP contribution in [0.3, 0.4) is 0 Å².